The predicted molar refractivity (Wildman–Crippen MR) is 81.2 cm³/mol. The number of hydrogen-bond donors (Lipinski definition) is 1. The topological polar surface area (TPSA) is 46.2 Å². The van der Waals surface area contributed by atoms with Gasteiger partial charge in [0.05, 0.1) is 4.90 Å². The molecule has 0 radical (unpaired) electrons. The highest BCUT2D eigenvalue weighted by molar-refractivity contribution is 7.89. The second kappa shape index (κ2) is 6.37. The van der Waals surface area contributed by atoms with Crippen molar-refractivity contribution in [3.63, 3.8) is 0 Å². The molecule has 0 aliphatic rings. The second-order valence-electron chi connectivity index (χ2n) is 5.04. The highest BCUT2D eigenvalue weighted by atomic mass is 32.2. The molecule has 0 atom stereocenters. The van der Waals surface area contributed by atoms with Crippen molar-refractivity contribution in [2.45, 2.75) is 25.2 Å². The predicted octanol–water partition coefficient (Wildman–Crippen LogP) is 2.96. The molecule has 3 nitrogen and oxygen atoms in total. The van der Waals surface area contributed by atoms with Gasteiger partial charge < -0.3 is 0 Å². The molecule has 1 N–H and O–H groups in total. The average Bonchev–Trinajstić information content (AvgIpc) is 2.41. The molecule has 0 unspecified atom stereocenters. The van der Waals surface area contributed by atoms with Crippen LogP contribution in [0.25, 0.3) is 0 Å². The summed E-state index contributed by atoms with van der Waals surface area (Å²) in [6.07, 6.45) is 0.598. The molecular weight excluding hydrogens is 289 g/mol. The Morgan fingerprint density at radius 1 is 1.10 bits per heavy atom. The summed E-state index contributed by atoms with van der Waals surface area (Å²) in [6.45, 7) is 4.30. The fourth-order valence-corrected chi connectivity index (χ4v) is 3.23. The van der Waals surface area contributed by atoms with Gasteiger partial charge in [0.2, 0.25) is 10.0 Å². The maximum atomic E-state index is 13.1. The van der Waals surface area contributed by atoms with E-state index in [9.17, 15) is 12.8 Å². The normalized spacial score (nSPS) is 11.6. The Labute approximate surface area is 124 Å². The van der Waals surface area contributed by atoms with Gasteiger partial charge in [-0.15, -0.1) is 0 Å². The minimum atomic E-state index is -3.66. The molecule has 0 heterocycles. The van der Waals surface area contributed by atoms with Crippen LogP contribution in [0.5, 0.6) is 0 Å². The van der Waals surface area contributed by atoms with E-state index in [0.29, 0.717) is 6.42 Å². The third-order valence-corrected chi connectivity index (χ3v) is 4.75. The summed E-state index contributed by atoms with van der Waals surface area (Å²) in [7, 11) is -3.66. The van der Waals surface area contributed by atoms with Crippen LogP contribution in [0.1, 0.15) is 16.7 Å². The summed E-state index contributed by atoms with van der Waals surface area (Å²) in [5.74, 6) is -0.563. The van der Waals surface area contributed by atoms with Gasteiger partial charge in [-0.3, -0.25) is 0 Å². The first-order valence-electron chi connectivity index (χ1n) is 6.70. The minimum Gasteiger partial charge on any atom is -0.211 e. The number of aryl methyl sites for hydroxylation is 2. The van der Waals surface area contributed by atoms with Crippen LogP contribution in [0.2, 0.25) is 0 Å². The number of sulfonamides is 1. The van der Waals surface area contributed by atoms with Crippen molar-refractivity contribution in [3.05, 3.63) is 65.0 Å². The molecule has 0 aliphatic heterocycles. The summed E-state index contributed by atoms with van der Waals surface area (Å²) in [4.78, 5) is -0.0527. The van der Waals surface area contributed by atoms with Gasteiger partial charge in [-0.2, -0.15) is 0 Å². The van der Waals surface area contributed by atoms with Crippen molar-refractivity contribution in [1.29, 1.82) is 0 Å². The molecule has 0 saturated carbocycles. The van der Waals surface area contributed by atoms with Crippen LogP contribution in [0.15, 0.2) is 47.4 Å². The van der Waals surface area contributed by atoms with Crippen LogP contribution in [-0.4, -0.2) is 15.0 Å². The zero-order valence-electron chi connectivity index (χ0n) is 12.1. The first-order valence-corrected chi connectivity index (χ1v) is 8.18. The van der Waals surface area contributed by atoms with E-state index in [1.54, 1.807) is 0 Å². The molecule has 0 amide bonds. The minimum absolute atomic E-state index is 0.0527. The molecule has 112 valence electrons. The molecule has 2 rings (SSSR count). The zero-order valence-corrected chi connectivity index (χ0v) is 12.9. The van der Waals surface area contributed by atoms with E-state index in [0.717, 1.165) is 17.2 Å². The van der Waals surface area contributed by atoms with Crippen LogP contribution in [-0.2, 0) is 16.4 Å². The lowest BCUT2D eigenvalue weighted by molar-refractivity contribution is 0.577. The van der Waals surface area contributed by atoms with Gasteiger partial charge in [0.1, 0.15) is 5.82 Å². The molecule has 0 bridgehead atoms. The van der Waals surface area contributed by atoms with Gasteiger partial charge in [0, 0.05) is 6.54 Å². The standard InChI is InChI=1S/C16H18FNO2S/c1-12-6-7-14(13(2)10-12)8-9-18-21(19,20)16-5-3-4-15(17)11-16/h3-7,10-11,18H,8-9H2,1-2H3. The van der Waals surface area contributed by atoms with Crippen molar-refractivity contribution in [3.8, 4) is 0 Å². The van der Waals surface area contributed by atoms with Crippen LogP contribution in [0.3, 0.4) is 0 Å². The Kier molecular flexibility index (Phi) is 4.75. The fourth-order valence-electron chi connectivity index (χ4n) is 2.16. The van der Waals surface area contributed by atoms with Crippen molar-refractivity contribution < 1.29 is 12.8 Å². The highest BCUT2D eigenvalue weighted by Crippen LogP contribution is 2.12. The van der Waals surface area contributed by atoms with Gasteiger partial charge in [0.15, 0.2) is 0 Å². The SMILES string of the molecule is Cc1ccc(CCNS(=O)(=O)c2cccc(F)c2)c(C)c1. The second-order valence-corrected chi connectivity index (χ2v) is 6.80. The van der Waals surface area contributed by atoms with E-state index < -0.39 is 15.8 Å². The summed E-state index contributed by atoms with van der Waals surface area (Å²) in [6, 6.07) is 11.1. The average molecular weight is 307 g/mol. The quantitative estimate of drug-likeness (QED) is 0.923. The van der Waals surface area contributed by atoms with Crippen molar-refractivity contribution in [1.82, 2.24) is 4.72 Å². The summed E-state index contributed by atoms with van der Waals surface area (Å²) >= 11 is 0. The maximum Gasteiger partial charge on any atom is 0.240 e. The van der Waals surface area contributed by atoms with Gasteiger partial charge in [-0.1, -0.05) is 29.8 Å². The Morgan fingerprint density at radius 3 is 2.52 bits per heavy atom. The van der Waals surface area contributed by atoms with Crippen LogP contribution in [0.4, 0.5) is 4.39 Å². The van der Waals surface area contributed by atoms with E-state index in [-0.39, 0.29) is 11.4 Å². The molecule has 0 aromatic heterocycles. The molecule has 5 heteroatoms. The van der Waals surface area contributed by atoms with Gasteiger partial charge in [-0.25, -0.2) is 17.5 Å². The highest BCUT2D eigenvalue weighted by Gasteiger charge is 2.14. The Bertz CT molecular complexity index is 742. The van der Waals surface area contributed by atoms with E-state index in [4.69, 9.17) is 0 Å². The van der Waals surface area contributed by atoms with Gasteiger partial charge in [-0.05, 0) is 49.6 Å². The molecular formula is C16H18FNO2S. The summed E-state index contributed by atoms with van der Waals surface area (Å²) in [5, 5.41) is 0. The molecule has 0 spiro atoms. The lowest BCUT2D eigenvalue weighted by Crippen LogP contribution is -2.26. The number of benzene rings is 2. The number of hydrogen-bond acceptors (Lipinski definition) is 2. The largest absolute Gasteiger partial charge is 0.240 e. The maximum absolute atomic E-state index is 13.1. The van der Waals surface area contributed by atoms with Crippen LogP contribution in [0, 0.1) is 19.7 Å². The first-order chi connectivity index (χ1) is 9.88. The van der Waals surface area contributed by atoms with Gasteiger partial charge >= 0.3 is 0 Å². The van der Waals surface area contributed by atoms with E-state index in [1.165, 1.54) is 23.8 Å². The number of rotatable bonds is 5. The third-order valence-electron chi connectivity index (χ3n) is 3.29. The Morgan fingerprint density at radius 2 is 1.86 bits per heavy atom. The molecule has 2 aromatic rings. The lowest BCUT2D eigenvalue weighted by atomic mass is 10.0. The van der Waals surface area contributed by atoms with E-state index in [1.807, 2.05) is 26.0 Å². The van der Waals surface area contributed by atoms with Crippen molar-refractivity contribution in [2.75, 3.05) is 6.54 Å². The van der Waals surface area contributed by atoms with Crippen molar-refractivity contribution in [2.24, 2.45) is 0 Å². The third kappa shape index (κ3) is 4.12. The Hall–Kier alpha value is -1.72. The number of halogens is 1. The van der Waals surface area contributed by atoms with Crippen molar-refractivity contribution >= 4 is 10.0 Å². The first kappa shape index (κ1) is 15.7. The molecule has 21 heavy (non-hydrogen) atoms. The zero-order chi connectivity index (χ0) is 15.5. The van der Waals surface area contributed by atoms with Gasteiger partial charge in [0.25, 0.3) is 0 Å². The monoisotopic (exact) mass is 307 g/mol. The number of nitrogens with one attached hydrogen (secondary N) is 1. The molecule has 0 aliphatic carbocycles. The smallest absolute Gasteiger partial charge is 0.211 e. The van der Waals surface area contributed by atoms with Crippen LogP contribution < -0.4 is 4.72 Å². The summed E-state index contributed by atoms with van der Waals surface area (Å²) < 4.78 is 39.7. The van der Waals surface area contributed by atoms with E-state index in [2.05, 4.69) is 10.8 Å². The van der Waals surface area contributed by atoms with E-state index >= 15 is 0 Å². The van der Waals surface area contributed by atoms with Crippen LogP contribution >= 0.6 is 0 Å². The lowest BCUT2D eigenvalue weighted by Gasteiger charge is -2.09. The molecule has 0 saturated heterocycles. The molecule has 0 fully saturated rings. The fraction of sp³-hybridized carbons (Fsp3) is 0.250. The molecule has 2 aromatic carbocycles. The Balaban J connectivity index is 2.02. The summed E-state index contributed by atoms with van der Waals surface area (Å²) in [5.41, 5.74) is 3.42.